The molecular formula is C11H13FN2O. The minimum absolute atomic E-state index is 0.220. The first-order valence-corrected chi connectivity index (χ1v) is 4.74. The van der Waals surface area contributed by atoms with Crippen LogP contribution >= 0.6 is 0 Å². The first-order chi connectivity index (χ1) is 7.27. The molecule has 0 aliphatic heterocycles. The van der Waals surface area contributed by atoms with E-state index >= 15 is 0 Å². The Kier molecular flexibility index (Phi) is 4.75. The minimum Gasteiger partial charge on any atom is -0.377 e. The Morgan fingerprint density at radius 3 is 2.87 bits per heavy atom. The van der Waals surface area contributed by atoms with Gasteiger partial charge in [0.25, 0.3) is 0 Å². The largest absolute Gasteiger partial charge is 0.377 e. The number of halogens is 1. The van der Waals surface area contributed by atoms with Crippen molar-refractivity contribution in [2.45, 2.75) is 13.0 Å². The fraction of sp³-hybridized carbons (Fsp3) is 0.364. The van der Waals surface area contributed by atoms with Crippen LogP contribution in [-0.4, -0.2) is 13.2 Å². The zero-order chi connectivity index (χ0) is 11.1. The van der Waals surface area contributed by atoms with Crippen LogP contribution in [0, 0.1) is 17.1 Å². The monoisotopic (exact) mass is 208 g/mol. The van der Waals surface area contributed by atoms with Gasteiger partial charge in [0.15, 0.2) is 0 Å². The Labute approximate surface area is 88.3 Å². The molecule has 1 aromatic rings. The normalized spacial score (nSPS) is 9.93. The first kappa shape index (κ1) is 11.6. The van der Waals surface area contributed by atoms with Gasteiger partial charge in [0, 0.05) is 12.2 Å². The zero-order valence-electron chi connectivity index (χ0n) is 8.37. The van der Waals surface area contributed by atoms with Gasteiger partial charge in [0.2, 0.25) is 0 Å². The van der Waals surface area contributed by atoms with Gasteiger partial charge < -0.3 is 10.5 Å². The van der Waals surface area contributed by atoms with Gasteiger partial charge in [-0.2, -0.15) is 5.26 Å². The lowest BCUT2D eigenvalue weighted by molar-refractivity contribution is 0.117. The third kappa shape index (κ3) is 3.66. The molecule has 0 spiro atoms. The summed E-state index contributed by atoms with van der Waals surface area (Å²) in [6.07, 6.45) is 0.762. The van der Waals surface area contributed by atoms with Gasteiger partial charge in [-0.05, 0) is 25.1 Å². The third-order valence-corrected chi connectivity index (χ3v) is 1.93. The second-order valence-corrected chi connectivity index (χ2v) is 3.11. The molecule has 0 saturated carbocycles. The van der Waals surface area contributed by atoms with Crippen molar-refractivity contribution in [1.82, 2.24) is 0 Å². The van der Waals surface area contributed by atoms with Gasteiger partial charge in [0.05, 0.1) is 18.2 Å². The molecule has 15 heavy (non-hydrogen) atoms. The molecule has 0 aliphatic rings. The van der Waals surface area contributed by atoms with Gasteiger partial charge in [-0.15, -0.1) is 0 Å². The van der Waals surface area contributed by atoms with Crippen LogP contribution in [0.2, 0.25) is 0 Å². The molecule has 0 aromatic heterocycles. The lowest BCUT2D eigenvalue weighted by Gasteiger charge is -2.04. The first-order valence-electron chi connectivity index (χ1n) is 4.74. The average molecular weight is 208 g/mol. The fourth-order valence-electron chi connectivity index (χ4n) is 1.10. The number of benzene rings is 1. The molecule has 0 amide bonds. The maximum Gasteiger partial charge on any atom is 0.130 e. The number of nitriles is 1. The molecule has 0 unspecified atom stereocenters. The molecule has 2 N–H and O–H groups in total. The fourth-order valence-corrected chi connectivity index (χ4v) is 1.10. The predicted octanol–water partition coefficient (Wildman–Crippen LogP) is 1.56. The predicted molar refractivity (Wildman–Crippen MR) is 54.4 cm³/mol. The molecule has 0 fully saturated rings. The summed E-state index contributed by atoms with van der Waals surface area (Å²) in [5, 5.41) is 8.54. The van der Waals surface area contributed by atoms with Gasteiger partial charge in [-0.1, -0.05) is 6.07 Å². The molecule has 1 aromatic carbocycles. The van der Waals surface area contributed by atoms with E-state index in [1.165, 1.54) is 6.07 Å². The smallest absolute Gasteiger partial charge is 0.130 e. The van der Waals surface area contributed by atoms with Crippen molar-refractivity contribution in [2.75, 3.05) is 13.2 Å². The van der Waals surface area contributed by atoms with E-state index in [2.05, 4.69) is 0 Å². The molecule has 1 rings (SSSR count). The highest BCUT2D eigenvalue weighted by atomic mass is 19.1. The van der Waals surface area contributed by atoms with Gasteiger partial charge >= 0.3 is 0 Å². The van der Waals surface area contributed by atoms with E-state index in [9.17, 15) is 4.39 Å². The Hall–Kier alpha value is -1.44. The van der Waals surface area contributed by atoms with Gasteiger partial charge in [0.1, 0.15) is 5.82 Å². The van der Waals surface area contributed by atoms with Crippen molar-refractivity contribution in [3.8, 4) is 6.07 Å². The van der Waals surface area contributed by atoms with Crippen LogP contribution in [0.3, 0.4) is 0 Å². The third-order valence-electron chi connectivity index (χ3n) is 1.93. The number of ether oxygens (including phenoxy) is 1. The Morgan fingerprint density at radius 2 is 2.27 bits per heavy atom. The van der Waals surface area contributed by atoms with Gasteiger partial charge in [-0.3, -0.25) is 0 Å². The molecule has 0 heterocycles. The van der Waals surface area contributed by atoms with Crippen molar-refractivity contribution >= 4 is 0 Å². The summed E-state index contributed by atoms with van der Waals surface area (Å²) in [4.78, 5) is 0. The van der Waals surface area contributed by atoms with Crippen molar-refractivity contribution in [3.63, 3.8) is 0 Å². The molecule has 0 saturated heterocycles. The second-order valence-electron chi connectivity index (χ2n) is 3.11. The van der Waals surface area contributed by atoms with E-state index < -0.39 is 5.82 Å². The summed E-state index contributed by atoms with van der Waals surface area (Å²) in [7, 11) is 0. The van der Waals surface area contributed by atoms with E-state index in [4.69, 9.17) is 15.7 Å². The zero-order valence-corrected chi connectivity index (χ0v) is 8.37. The molecule has 0 bridgehead atoms. The van der Waals surface area contributed by atoms with Crippen LogP contribution in [0.1, 0.15) is 17.5 Å². The number of hydrogen-bond donors (Lipinski definition) is 1. The lowest BCUT2D eigenvalue weighted by atomic mass is 10.1. The van der Waals surface area contributed by atoms with Crippen LogP contribution < -0.4 is 5.73 Å². The summed E-state index contributed by atoms with van der Waals surface area (Å²) < 4.78 is 18.5. The summed E-state index contributed by atoms with van der Waals surface area (Å²) in [6.45, 7) is 1.31. The highest BCUT2D eigenvalue weighted by molar-refractivity contribution is 5.32. The number of rotatable bonds is 5. The Bertz CT molecular complexity index is 360. The van der Waals surface area contributed by atoms with E-state index in [-0.39, 0.29) is 6.61 Å². The molecule has 80 valence electrons. The number of nitrogens with two attached hydrogens (primary N) is 1. The molecule has 0 radical (unpaired) electrons. The summed E-state index contributed by atoms with van der Waals surface area (Å²) in [5.41, 5.74) is 6.07. The van der Waals surface area contributed by atoms with Crippen LogP contribution in [0.5, 0.6) is 0 Å². The van der Waals surface area contributed by atoms with Crippen molar-refractivity contribution in [3.05, 3.63) is 35.1 Å². The lowest BCUT2D eigenvalue weighted by Crippen LogP contribution is -2.05. The SMILES string of the molecule is N#Cc1ccc(COCCCN)c(F)c1. The Morgan fingerprint density at radius 1 is 1.47 bits per heavy atom. The maximum atomic E-state index is 13.3. The second kappa shape index (κ2) is 6.12. The highest BCUT2D eigenvalue weighted by Gasteiger charge is 2.03. The minimum atomic E-state index is -0.401. The highest BCUT2D eigenvalue weighted by Crippen LogP contribution is 2.11. The van der Waals surface area contributed by atoms with Crippen molar-refractivity contribution < 1.29 is 9.13 Å². The van der Waals surface area contributed by atoms with E-state index in [0.29, 0.717) is 24.3 Å². The van der Waals surface area contributed by atoms with E-state index in [1.54, 1.807) is 12.1 Å². The van der Waals surface area contributed by atoms with Crippen molar-refractivity contribution in [2.24, 2.45) is 5.73 Å². The summed E-state index contributed by atoms with van der Waals surface area (Å²) >= 11 is 0. The molecule has 0 aliphatic carbocycles. The number of hydrogen-bond acceptors (Lipinski definition) is 3. The molecule has 3 nitrogen and oxygen atoms in total. The summed E-state index contributed by atoms with van der Waals surface area (Å²) in [5.74, 6) is -0.401. The van der Waals surface area contributed by atoms with Gasteiger partial charge in [-0.25, -0.2) is 4.39 Å². The quantitative estimate of drug-likeness (QED) is 0.747. The van der Waals surface area contributed by atoms with Crippen LogP contribution in [-0.2, 0) is 11.3 Å². The Balaban J connectivity index is 2.52. The maximum absolute atomic E-state index is 13.3. The molecule has 4 heteroatoms. The standard InChI is InChI=1S/C11H13FN2O/c12-11-6-9(7-14)2-3-10(11)8-15-5-1-4-13/h2-3,6H,1,4-5,8,13H2. The van der Waals surface area contributed by atoms with Crippen LogP contribution in [0.4, 0.5) is 4.39 Å². The van der Waals surface area contributed by atoms with Crippen LogP contribution in [0.15, 0.2) is 18.2 Å². The van der Waals surface area contributed by atoms with Crippen molar-refractivity contribution in [1.29, 1.82) is 5.26 Å². The van der Waals surface area contributed by atoms with E-state index in [1.807, 2.05) is 6.07 Å². The molecular weight excluding hydrogens is 195 g/mol. The molecule has 0 atom stereocenters. The topological polar surface area (TPSA) is 59.0 Å². The summed E-state index contributed by atoms with van der Waals surface area (Å²) in [6, 6.07) is 6.22. The van der Waals surface area contributed by atoms with Crippen LogP contribution in [0.25, 0.3) is 0 Å². The number of nitrogens with zero attached hydrogens (tertiary/aromatic N) is 1. The van der Waals surface area contributed by atoms with E-state index in [0.717, 1.165) is 6.42 Å². The average Bonchev–Trinajstić information content (AvgIpc) is 2.26.